The molecule has 0 aromatic carbocycles. The van der Waals surface area contributed by atoms with Gasteiger partial charge in [-0.2, -0.15) is 0 Å². The average Bonchev–Trinajstić information content (AvgIpc) is 3.37. The molecule has 2 amide bonds. The summed E-state index contributed by atoms with van der Waals surface area (Å²) in [5.74, 6) is -4.08. The van der Waals surface area contributed by atoms with E-state index in [1.807, 2.05) is 0 Å². The maximum absolute atomic E-state index is 12.2. The SMILES string of the molecule is CC(=O)N[C@H]1[C@@H](O[C@@H]2[C@H](O)[C@@H](O)[C@@H](O[C@H]3[C@@H](O)[C@@H](C(=O)O)O[C@H](OC[C@H](O)CO)[C@@H]3O)O[C@@H]2C(=O)O)O[C@H](C)[C@@H]2NC(=O)O[C@@H]21. The van der Waals surface area contributed by atoms with Gasteiger partial charge in [-0.05, 0) is 6.92 Å². The molecule has 10 N–H and O–H groups in total. The third-order valence-electron chi connectivity index (χ3n) is 7.57. The van der Waals surface area contributed by atoms with Gasteiger partial charge in [0.2, 0.25) is 5.91 Å². The van der Waals surface area contributed by atoms with Crippen molar-refractivity contribution in [3.05, 3.63) is 0 Å². The minimum atomic E-state index is -2.16. The highest BCUT2D eigenvalue weighted by molar-refractivity contribution is 5.75. The number of alkyl carbamates (subject to hydrolysis) is 1. The van der Waals surface area contributed by atoms with E-state index in [1.165, 1.54) is 6.92 Å². The summed E-state index contributed by atoms with van der Waals surface area (Å²) < 4.78 is 37.7. The summed E-state index contributed by atoms with van der Waals surface area (Å²) in [7, 11) is 0. The topological polar surface area (TPSA) is 319 Å². The number of rotatable bonds is 11. The van der Waals surface area contributed by atoms with E-state index < -0.39 is 135 Å². The van der Waals surface area contributed by atoms with E-state index in [0.717, 1.165) is 6.92 Å². The van der Waals surface area contributed by atoms with Crippen LogP contribution in [0.3, 0.4) is 0 Å². The molecule has 256 valence electrons. The Morgan fingerprint density at radius 2 is 1.51 bits per heavy atom. The number of aliphatic hydroxyl groups excluding tert-OH is 6. The Kier molecular flexibility index (Phi) is 11.2. The monoisotopic (exact) mass is 656 g/mol. The first-order valence-electron chi connectivity index (χ1n) is 13.7. The van der Waals surface area contributed by atoms with Crippen molar-refractivity contribution in [1.29, 1.82) is 0 Å². The van der Waals surface area contributed by atoms with Gasteiger partial charge < -0.3 is 84.6 Å². The van der Waals surface area contributed by atoms with Crippen molar-refractivity contribution in [3.8, 4) is 0 Å². The van der Waals surface area contributed by atoms with Crippen molar-refractivity contribution in [2.24, 2.45) is 0 Å². The van der Waals surface area contributed by atoms with Crippen LogP contribution in [-0.2, 0) is 47.5 Å². The zero-order valence-corrected chi connectivity index (χ0v) is 23.7. The van der Waals surface area contributed by atoms with E-state index in [1.54, 1.807) is 0 Å². The lowest BCUT2D eigenvalue weighted by Gasteiger charge is -2.47. The van der Waals surface area contributed by atoms with Crippen LogP contribution < -0.4 is 10.6 Å². The number of ether oxygens (including phenoxy) is 7. The van der Waals surface area contributed by atoms with Crippen LogP contribution >= 0.6 is 0 Å². The Morgan fingerprint density at radius 3 is 2.11 bits per heavy atom. The molecule has 0 saturated carbocycles. The molecule has 0 aromatic heterocycles. The Labute approximate surface area is 253 Å². The summed E-state index contributed by atoms with van der Waals surface area (Å²) in [6.07, 6.45) is -26.3. The summed E-state index contributed by atoms with van der Waals surface area (Å²) >= 11 is 0. The second-order valence-corrected chi connectivity index (χ2v) is 10.8. The molecule has 0 aliphatic carbocycles. The minimum absolute atomic E-state index is 0.599. The molecule has 0 bridgehead atoms. The molecule has 4 aliphatic heterocycles. The molecule has 4 fully saturated rings. The average molecular weight is 657 g/mol. The molecule has 0 unspecified atom stereocenters. The third kappa shape index (κ3) is 7.45. The van der Waals surface area contributed by atoms with Crippen molar-refractivity contribution in [3.63, 3.8) is 0 Å². The number of carboxylic acids is 2. The second kappa shape index (κ2) is 14.3. The molecule has 16 atom stereocenters. The fourth-order valence-electron chi connectivity index (χ4n) is 5.37. The highest BCUT2D eigenvalue weighted by atomic mass is 16.8. The van der Waals surface area contributed by atoms with E-state index >= 15 is 0 Å². The largest absolute Gasteiger partial charge is 0.479 e. The number of aliphatic carboxylic acids is 2. The Morgan fingerprint density at radius 1 is 0.889 bits per heavy atom. The second-order valence-electron chi connectivity index (χ2n) is 10.8. The van der Waals surface area contributed by atoms with Crippen molar-refractivity contribution < 1.29 is 93.2 Å². The number of fused-ring (bicyclic) bond motifs is 1. The first-order valence-corrected chi connectivity index (χ1v) is 13.7. The van der Waals surface area contributed by atoms with Crippen LogP contribution in [0.25, 0.3) is 0 Å². The smallest absolute Gasteiger partial charge is 0.408 e. The lowest BCUT2D eigenvalue weighted by molar-refractivity contribution is -0.365. The normalized spacial score (nSPS) is 43.8. The number of hydrogen-bond acceptors (Lipinski definition) is 17. The first kappa shape index (κ1) is 35.1. The molecule has 4 heterocycles. The third-order valence-corrected chi connectivity index (χ3v) is 7.57. The molecule has 21 heteroatoms. The number of carboxylic acid groups (broad SMARTS) is 2. The van der Waals surface area contributed by atoms with E-state index in [2.05, 4.69) is 10.6 Å². The van der Waals surface area contributed by atoms with E-state index in [-0.39, 0.29) is 0 Å². The van der Waals surface area contributed by atoms with Crippen molar-refractivity contribution in [1.82, 2.24) is 10.6 Å². The number of nitrogens with one attached hydrogen (secondary N) is 2. The minimum Gasteiger partial charge on any atom is -0.479 e. The van der Waals surface area contributed by atoms with Crippen LogP contribution in [-0.4, -0.2) is 176 Å². The van der Waals surface area contributed by atoms with Gasteiger partial charge in [-0.25, -0.2) is 14.4 Å². The zero-order chi connectivity index (χ0) is 33.3. The lowest BCUT2D eigenvalue weighted by atomic mass is 9.94. The number of hydrogen-bond donors (Lipinski definition) is 10. The van der Waals surface area contributed by atoms with Gasteiger partial charge in [0.15, 0.2) is 37.2 Å². The van der Waals surface area contributed by atoms with E-state index in [0.29, 0.717) is 0 Å². The predicted octanol–water partition coefficient (Wildman–Crippen LogP) is -6.08. The van der Waals surface area contributed by atoms with E-state index in [4.69, 9.17) is 38.3 Å². The van der Waals surface area contributed by atoms with Gasteiger partial charge in [0.1, 0.15) is 48.8 Å². The summed E-state index contributed by atoms with van der Waals surface area (Å²) in [5.41, 5.74) is 0. The quantitative estimate of drug-likeness (QED) is 0.0989. The molecule has 0 radical (unpaired) electrons. The fourth-order valence-corrected chi connectivity index (χ4v) is 5.37. The molecule has 0 spiro atoms. The molecular weight excluding hydrogens is 620 g/mol. The van der Waals surface area contributed by atoms with Gasteiger partial charge in [0, 0.05) is 6.92 Å². The van der Waals surface area contributed by atoms with Gasteiger partial charge in [-0.1, -0.05) is 0 Å². The molecule has 0 aromatic rings. The summed E-state index contributed by atoms with van der Waals surface area (Å²) in [6.45, 7) is 1.28. The lowest BCUT2D eigenvalue weighted by Crippen LogP contribution is -2.68. The van der Waals surface area contributed by atoms with Gasteiger partial charge in [-0.15, -0.1) is 0 Å². The first-order chi connectivity index (χ1) is 21.1. The Hall–Kier alpha value is -2.80. The van der Waals surface area contributed by atoms with Crippen LogP contribution in [0.15, 0.2) is 0 Å². The Balaban J connectivity index is 1.53. The fraction of sp³-hybridized carbons (Fsp3) is 0.833. The number of amides is 2. The molecule has 4 saturated heterocycles. The highest BCUT2D eigenvalue weighted by Crippen LogP contribution is 2.34. The zero-order valence-electron chi connectivity index (χ0n) is 23.7. The van der Waals surface area contributed by atoms with E-state index in [9.17, 15) is 54.9 Å². The molecule has 4 aliphatic rings. The molecule has 21 nitrogen and oxygen atoms in total. The summed E-state index contributed by atoms with van der Waals surface area (Å²) in [5, 5.41) is 86.1. The number of carbonyl (C=O) groups is 4. The van der Waals surface area contributed by atoms with Gasteiger partial charge in [0.25, 0.3) is 0 Å². The van der Waals surface area contributed by atoms with Crippen LogP contribution in [0, 0.1) is 0 Å². The number of aliphatic hydroxyl groups is 6. The van der Waals surface area contributed by atoms with Crippen LogP contribution in [0.2, 0.25) is 0 Å². The highest BCUT2D eigenvalue weighted by Gasteiger charge is 2.57. The number of carbonyl (C=O) groups excluding carboxylic acids is 2. The van der Waals surface area contributed by atoms with Crippen LogP contribution in [0.1, 0.15) is 13.8 Å². The molecular formula is C24H36N2O19. The predicted molar refractivity (Wildman–Crippen MR) is 135 cm³/mol. The Bertz CT molecular complexity index is 1100. The van der Waals surface area contributed by atoms with Crippen molar-refractivity contribution >= 4 is 23.9 Å². The van der Waals surface area contributed by atoms with Gasteiger partial charge >= 0.3 is 18.0 Å². The van der Waals surface area contributed by atoms with Crippen molar-refractivity contribution in [2.45, 2.75) is 112 Å². The van der Waals surface area contributed by atoms with Gasteiger partial charge in [-0.3, -0.25) is 4.79 Å². The molecule has 4 rings (SSSR count). The van der Waals surface area contributed by atoms with Crippen LogP contribution in [0.5, 0.6) is 0 Å². The summed E-state index contributed by atoms with van der Waals surface area (Å²) in [4.78, 5) is 47.8. The van der Waals surface area contributed by atoms with Crippen LogP contribution in [0.4, 0.5) is 4.79 Å². The van der Waals surface area contributed by atoms with Crippen molar-refractivity contribution in [2.75, 3.05) is 13.2 Å². The van der Waals surface area contributed by atoms with Gasteiger partial charge in [0.05, 0.1) is 25.4 Å². The standard InChI is InChI=1S/C24H36N2O19/c1-5-8-14(45-24(38)26-8)9(25-6(2)28)21(40-5)42-16-10(30)11(31)23(44-18(16)20(36)37)41-15-12(32)17(19(34)35)43-22(13(15)33)39-4-7(29)3-27/h5,7-18,21-23,27,29-33H,3-4H2,1-2H3,(H,25,28)(H,26,38)(H,34,35)(H,36,37)/t5-,7-,8+,9-,10-,11-,12-,13-,14+,15+,16-,17+,18+,21-,22+,23+/m1/s1. The maximum Gasteiger partial charge on any atom is 0.408 e. The summed E-state index contributed by atoms with van der Waals surface area (Å²) in [6, 6.07) is -1.94. The maximum atomic E-state index is 12.2. The molecule has 45 heavy (non-hydrogen) atoms.